The summed E-state index contributed by atoms with van der Waals surface area (Å²) in [6.45, 7) is 0.256. The Labute approximate surface area is 123 Å². The van der Waals surface area contributed by atoms with E-state index in [1.165, 1.54) is 11.3 Å². The van der Waals surface area contributed by atoms with Crippen LogP contribution >= 0.6 is 23.1 Å². The van der Waals surface area contributed by atoms with Crippen molar-refractivity contribution in [2.45, 2.75) is 17.6 Å². The molecule has 1 aliphatic heterocycles. The highest BCUT2D eigenvalue weighted by molar-refractivity contribution is 8.01. The van der Waals surface area contributed by atoms with Crippen LogP contribution in [0.1, 0.15) is 12.8 Å². The molecular formula is C13H12N2O3S2. The molecule has 2 aromatic rings. The van der Waals surface area contributed by atoms with Gasteiger partial charge in [-0.05, 0) is 19.1 Å². The molecule has 2 heterocycles. The van der Waals surface area contributed by atoms with E-state index in [0.29, 0.717) is 10.9 Å². The van der Waals surface area contributed by atoms with Crippen LogP contribution in [0.15, 0.2) is 12.1 Å². The van der Waals surface area contributed by atoms with Gasteiger partial charge in [-0.2, -0.15) is 0 Å². The molecule has 1 N–H and O–H groups in total. The number of thioether (sulfide) groups is 1. The number of aromatic nitrogens is 1. The summed E-state index contributed by atoms with van der Waals surface area (Å²) in [5.74, 6) is 1.51. The minimum atomic E-state index is -0.230. The number of carbonyl (C=O) groups is 1. The van der Waals surface area contributed by atoms with E-state index in [1.807, 2.05) is 18.4 Å². The number of fused-ring (bicyclic) bond motifs is 2. The van der Waals surface area contributed by atoms with E-state index >= 15 is 0 Å². The number of benzene rings is 1. The number of hydrogen-bond donors (Lipinski definition) is 1. The summed E-state index contributed by atoms with van der Waals surface area (Å²) in [6.07, 6.45) is 3.87. The Kier molecular flexibility index (Phi) is 2.62. The topological polar surface area (TPSA) is 60.5 Å². The molecule has 1 aliphatic carbocycles. The van der Waals surface area contributed by atoms with Crippen molar-refractivity contribution in [3.8, 4) is 11.5 Å². The van der Waals surface area contributed by atoms with Gasteiger partial charge in [0.15, 0.2) is 16.6 Å². The second-order valence-electron chi connectivity index (χ2n) is 4.84. The van der Waals surface area contributed by atoms with Crippen LogP contribution in [0.25, 0.3) is 10.2 Å². The summed E-state index contributed by atoms with van der Waals surface area (Å²) in [5, 5.41) is 3.56. The number of rotatable bonds is 3. The second-order valence-corrected chi connectivity index (χ2v) is 7.07. The molecule has 7 heteroatoms. The minimum Gasteiger partial charge on any atom is -0.454 e. The second kappa shape index (κ2) is 4.26. The Balaban J connectivity index is 1.63. The van der Waals surface area contributed by atoms with Crippen LogP contribution in [-0.4, -0.2) is 28.7 Å². The number of amides is 1. The molecule has 5 nitrogen and oxygen atoms in total. The van der Waals surface area contributed by atoms with Gasteiger partial charge in [-0.15, -0.1) is 11.8 Å². The molecule has 0 radical (unpaired) electrons. The standard InChI is InChI=1S/C13H12N2O3S2/c1-19-13(2-3-13)11(16)15-12-14-7-4-8-9(18-6-17-8)5-10(7)20-12/h4-5H,2-3,6H2,1H3,(H,14,15,16). The maximum Gasteiger partial charge on any atom is 0.242 e. The first-order valence-electron chi connectivity index (χ1n) is 6.27. The third kappa shape index (κ3) is 1.84. The largest absolute Gasteiger partial charge is 0.454 e. The average molecular weight is 308 g/mol. The van der Waals surface area contributed by atoms with Crippen LogP contribution in [0.4, 0.5) is 5.13 Å². The third-order valence-corrected chi connectivity index (χ3v) is 5.92. The van der Waals surface area contributed by atoms with Crippen LogP contribution in [0, 0.1) is 0 Å². The fourth-order valence-electron chi connectivity index (χ4n) is 2.22. The van der Waals surface area contributed by atoms with Crippen LogP contribution in [-0.2, 0) is 4.79 Å². The lowest BCUT2D eigenvalue weighted by Crippen LogP contribution is -2.26. The van der Waals surface area contributed by atoms with Crippen molar-refractivity contribution < 1.29 is 14.3 Å². The molecule has 0 spiro atoms. The van der Waals surface area contributed by atoms with Gasteiger partial charge in [-0.1, -0.05) is 11.3 Å². The zero-order chi connectivity index (χ0) is 13.7. The molecule has 0 unspecified atom stereocenters. The monoisotopic (exact) mass is 308 g/mol. The van der Waals surface area contributed by atoms with Crippen molar-refractivity contribution in [2.24, 2.45) is 0 Å². The first-order valence-corrected chi connectivity index (χ1v) is 8.31. The average Bonchev–Trinajstić information content (AvgIpc) is 2.97. The van der Waals surface area contributed by atoms with Gasteiger partial charge in [-0.3, -0.25) is 4.79 Å². The van der Waals surface area contributed by atoms with E-state index in [2.05, 4.69) is 10.3 Å². The lowest BCUT2D eigenvalue weighted by atomic mass is 10.3. The number of nitrogens with one attached hydrogen (secondary N) is 1. The van der Waals surface area contributed by atoms with E-state index in [1.54, 1.807) is 11.8 Å². The predicted octanol–water partition coefficient (Wildman–Crippen LogP) is 2.86. The minimum absolute atomic E-state index is 0.0593. The van der Waals surface area contributed by atoms with Gasteiger partial charge in [0, 0.05) is 12.1 Å². The first kappa shape index (κ1) is 12.3. The van der Waals surface area contributed by atoms with Gasteiger partial charge in [0.25, 0.3) is 0 Å². The number of thiazole rings is 1. The highest BCUT2D eigenvalue weighted by atomic mass is 32.2. The molecule has 0 bridgehead atoms. The van der Waals surface area contributed by atoms with Crippen LogP contribution < -0.4 is 14.8 Å². The Morgan fingerprint density at radius 1 is 1.40 bits per heavy atom. The number of hydrogen-bond acceptors (Lipinski definition) is 6. The highest BCUT2D eigenvalue weighted by Gasteiger charge is 2.49. The quantitative estimate of drug-likeness (QED) is 0.945. The smallest absolute Gasteiger partial charge is 0.242 e. The van der Waals surface area contributed by atoms with Crippen molar-refractivity contribution in [3.05, 3.63) is 12.1 Å². The Bertz CT molecular complexity index is 668. The Morgan fingerprint density at radius 2 is 2.15 bits per heavy atom. The molecule has 4 rings (SSSR count). The molecule has 0 atom stereocenters. The number of anilines is 1. The van der Waals surface area contributed by atoms with Crippen molar-refractivity contribution in [3.63, 3.8) is 0 Å². The summed E-state index contributed by atoms with van der Waals surface area (Å²) in [7, 11) is 0. The molecule has 2 aliphatic rings. The SMILES string of the molecule is CSC1(C(=O)Nc2nc3cc4c(cc3s2)OCO4)CC1. The number of nitrogens with zero attached hydrogens (tertiary/aromatic N) is 1. The van der Waals surface area contributed by atoms with E-state index in [0.717, 1.165) is 28.8 Å². The molecule has 104 valence electrons. The summed E-state index contributed by atoms with van der Waals surface area (Å²) in [6, 6.07) is 3.76. The van der Waals surface area contributed by atoms with Gasteiger partial charge in [0.05, 0.1) is 15.0 Å². The third-order valence-electron chi connectivity index (χ3n) is 3.61. The van der Waals surface area contributed by atoms with E-state index in [9.17, 15) is 4.79 Å². The molecule has 1 amide bonds. The summed E-state index contributed by atoms with van der Waals surface area (Å²) in [5.41, 5.74) is 0.823. The maximum atomic E-state index is 12.2. The van der Waals surface area contributed by atoms with Crippen LogP contribution in [0.2, 0.25) is 0 Å². The fraction of sp³-hybridized carbons (Fsp3) is 0.385. The highest BCUT2D eigenvalue weighted by Crippen LogP contribution is 2.48. The molecular weight excluding hydrogens is 296 g/mol. The Hall–Kier alpha value is -1.47. The molecule has 0 saturated heterocycles. The van der Waals surface area contributed by atoms with Gasteiger partial charge < -0.3 is 14.8 Å². The Morgan fingerprint density at radius 3 is 2.85 bits per heavy atom. The normalized spacial score (nSPS) is 18.2. The lowest BCUT2D eigenvalue weighted by molar-refractivity contribution is -0.116. The van der Waals surface area contributed by atoms with Gasteiger partial charge in [-0.25, -0.2) is 4.98 Å². The molecule has 1 fully saturated rings. The molecule has 20 heavy (non-hydrogen) atoms. The number of ether oxygens (including phenoxy) is 2. The van der Waals surface area contributed by atoms with Gasteiger partial charge in [0.2, 0.25) is 12.7 Å². The van der Waals surface area contributed by atoms with Gasteiger partial charge >= 0.3 is 0 Å². The molecule has 1 saturated carbocycles. The zero-order valence-electron chi connectivity index (χ0n) is 10.8. The summed E-state index contributed by atoms with van der Waals surface area (Å²) < 4.78 is 11.4. The van der Waals surface area contributed by atoms with Crippen molar-refractivity contribution >= 4 is 44.4 Å². The van der Waals surface area contributed by atoms with Crippen molar-refractivity contribution in [2.75, 3.05) is 18.4 Å². The van der Waals surface area contributed by atoms with Crippen molar-refractivity contribution in [1.82, 2.24) is 4.98 Å². The lowest BCUT2D eigenvalue weighted by Gasteiger charge is -2.09. The van der Waals surface area contributed by atoms with E-state index in [-0.39, 0.29) is 17.4 Å². The fourth-order valence-corrected chi connectivity index (χ4v) is 3.84. The summed E-state index contributed by atoms with van der Waals surface area (Å²) in [4.78, 5) is 16.6. The first-order chi connectivity index (χ1) is 9.70. The molecule has 1 aromatic heterocycles. The summed E-state index contributed by atoms with van der Waals surface area (Å²) >= 11 is 3.07. The van der Waals surface area contributed by atoms with Crippen molar-refractivity contribution in [1.29, 1.82) is 0 Å². The number of carbonyl (C=O) groups excluding carboxylic acids is 1. The predicted molar refractivity (Wildman–Crippen MR) is 79.9 cm³/mol. The van der Waals surface area contributed by atoms with Gasteiger partial charge in [0.1, 0.15) is 0 Å². The van der Waals surface area contributed by atoms with E-state index < -0.39 is 0 Å². The molecule has 1 aromatic carbocycles. The zero-order valence-corrected chi connectivity index (χ0v) is 12.4. The maximum absolute atomic E-state index is 12.2. The van der Waals surface area contributed by atoms with Crippen LogP contribution in [0.5, 0.6) is 11.5 Å². The van der Waals surface area contributed by atoms with E-state index in [4.69, 9.17) is 9.47 Å². The van der Waals surface area contributed by atoms with Crippen LogP contribution in [0.3, 0.4) is 0 Å².